The van der Waals surface area contributed by atoms with Gasteiger partial charge in [-0.05, 0) is 30.5 Å². The first-order valence-corrected chi connectivity index (χ1v) is 9.59. The molecular formula is C17H15FN2O2S2. The van der Waals surface area contributed by atoms with E-state index in [0.717, 1.165) is 36.3 Å². The summed E-state index contributed by atoms with van der Waals surface area (Å²) in [6.07, 6.45) is 2.40. The second kappa shape index (κ2) is 6.66. The average Bonchev–Trinajstić information content (AvgIpc) is 3.23. The van der Waals surface area contributed by atoms with Crippen LogP contribution >= 0.6 is 23.1 Å². The highest BCUT2D eigenvalue weighted by Crippen LogP contribution is 2.32. The molecule has 0 amide bonds. The molecule has 1 fully saturated rings. The Bertz CT molecular complexity index is 914. The standard InChI is InChI=1S/C17H15FN2O2S2/c18-11-5-3-10(4-6-11)13-9-23-16-14(13)15(21)19-17(20-16)24-8-12-2-1-7-22-12/h3-6,9,12H,1-2,7-8H2,(H,19,20,21)/t12-/m1/s1. The van der Waals surface area contributed by atoms with Gasteiger partial charge in [-0.15, -0.1) is 11.3 Å². The third kappa shape index (κ3) is 3.11. The Morgan fingerprint density at radius 2 is 2.21 bits per heavy atom. The molecule has 0 aliphatic carbocycles. The summed E-state index contributed by atoms with van der Waals surface area (Å²) >= 11 is 2.95. The summed E-state index contributed by atoms with van der Waals surface area (Å²) in [5.74, 6) is 0.503. The topological polar surface area (TPSA) is 55.0 Å². The lowest BCUT2D eigenvalue weighted by atomic mass is 10.1. The molecule has 0 saturated carbocycles. The number of fused-ring (bicyclic) bond motifs is 1. The van der Waals surface area contributed by atoms with Gasteiger partial charge in [-0.25, -0.2) is 9.37 Å². The van der Waals surface area contributed by atoms with E-state index in [4.69, 9.17) is 4.74 Å². The smallest absolute Gasteiger partial charge is 0.260 e. The fraction of sp³-hybridized carbons (Fsp3) is 0.294. The molecule has 3 heterocycles. The highest BCUT2D eigenvalue weighted by molar-refractivity contribution is 7.99. The van der Waals surface area contributed by atoms with Crippen molar-refractivity contribution in [3.63, 3.8) is 0 Å². The molecule has 1 N–H and O–H groups in total. The van der Waals surface area contributed by atoms with Gasteiger partial charge in [0, 0.05) is 23.3 Å². The predicted molar refractivity (Wildman–Crippen MR) is 95.3 cm³/mol. The van der Waals surface area contributed by atoms with E-state index >= 15 is 0 Å². The van der Waals surface area contributed by atoms with E-state index in [1.54, 1.807) is 12.1 Å². The molecule has 1 aliphatic heterocycles. The molecule has 1 aromatic carbocycles. The van der Waals surface area contributed by atoms with Crippen LogP contribution in [0.4, 0.5) is 4.39 Å². The van der Waals surface area contributed by atoms with Gasteiger partial charge in [0.25, 0.3) is 5.56 Å². The van der Waals surface area contributed by atoms with Crippen LogP contribution in [0.15, 0.2) is 39.6 Å². The number of hydrogen-bond acceptors (Lipinski definition) is 5. The van der Waals surface area contributed by atoms with E-state index < -0.39 is 0 Å². The Morgan fingerprint density at radius 3 is 2.96 bits per heavy atom. The maximum atomic E-state index is 13.1. The summed E-state index contributed by atoms with van der Waals surface area (Å²) in [5, 5.41) is 3.08. The summed E-state index contributed by atoms with van der Waals surface area (Å²) in [6.45, 7) is 0.820. The first-order valence-electron chi connectivity index (χ1n) is 7.72. The van der Waals surface area contributed by atoms with Crippen molar-refractivity contribution in [3.8, 4) is 11.1 Å². The molecule has 1 atom stereocenters. The molecule has 24 heavy (non-hydrogen) atoms. The maximum absolute atomic E-state index is 13.1. The molecule has 4 rings (SSSR count). The normalized spacial score (nSPS) is 17.6. The van der Waals surface area contributed by atoms with Gasteiger partial charge >= 0.3 is 0 Å². The molecule has 0 spiro atoms. The number of thioether (sulfide) groups is 1. The highest BCUT2D eigenvalue weighted by atomic mass is 32.2. The van der Waals surface area contributed by atoms with Gasteiger partial charge in [-0.1, -0.05) is 23.9 Å². The molecule has 3 aromatic rings. The first-order chi connectivity index (χ1) is 11.7. The lowest BCUT2D eigenvalue weighted by molar-refractivity contribution is 0.129. The van der Waals surface area contributed by atoms with Crippen LogP contribution in [-0.2, 0) is 4.74 Å². The van der Waals surface area contributed by atoms with Crippen LogP contribution in [0.1, 0.15) is 12.8 Å². The Morgan fingerprint density at radius 1 is 1.38 bits per heavy atom. The minimum absolute atomic E-state index is 0.157. The van der Waals surface area contributed by atoms with Crippen molar-refractivity contribution in [2.45, 2.75) is 24.1 Å². The summed E-state index contributed by atoms with van der Waals surface area (Å²) < 4.78 is 18.7. The summed E-state index contributed by atoms with van der Waals surface area (Å²) in [7, 11) is 0. The number of H-pyrrole nitrogens is 1. The van der Waals surface area contributed by atoms with Crippen molar-refractivity contribution >= 4 is 33.3 Å². The Hall–Kier alpha value is -1.70. The van der Waals surface area contributed by atoms with Crippen LogP contribution in [0.25, 0.3) is 21.3 Å². The lowest BCUT2D eigenvalue weighted by Crippen LogP contribution is -2.12. The van der Waals surface area contributed by atoms with Gasteiger partial charge in [0.1, 0.15) is 10.6 Å². The highest BCUT2D eigenvalue weighted by Gasteiger charge is 2.17. The van der Waals surface area contributed by atoms with E-state index in [9.17, 15) is 9.18 Å². The van der Waals surface area contributed by atoms with E-state index in [1.807, 2.05) is 5.38 Å². The fourth-order valence-corrected chi connectivity index (χ4v) is 4.72. The number of nitrogens with one attached hydrogen (secondary N) is 1. The number of thiophene rings is 1. The molecule has 124 valence electrons. The number of nitrogens with zero attached hydrogens (tertiary/aromatic N) is 1. The zero-order chi connectivity index (χ0) is 16.5. The number of aromatic amines is 1. The zero-order valence-corrected chi connectivity index (χ0v) is 14.4. The Balaban J connectivity index is 1.65. The van der Waals surface area contributed by atoms with Gasteiger partial charge in [0.2, 0.25) is 0 Å². The second-order valence-electron chi connectivity index (χ2n) is 5.65. The number of rotatable bonds is 4. The summed E-state index contributed by atoms with van der Waals surface area (Å²) in [6, 6.07) is 6.14. The Labute approximate surface area is 146 Å². The molecule has 0 radical (unpaired) electrons. The van der Waals surface area contributed by atoms with E-state index in [2.05, 4.69) is 9.97 Å². The van der Waals surface area contributed by atoms with Crippen LogP contribution in [0.3, 0.4) is 0 Å². The molecule has 7 heteroatoms. The third-order valence-corrected chi connectivity index (χ3v) is 5.88. The number of aromatic nitrogens is 2. The third-order valence-electron chi connectivity index (χ3n) is 4.01. The minimum atomic E-state index is -0.293. The van der Waals surface area contributed by atoms with Crippen LogP contribution < -0.4 is 5.56 Å². The lowest BCUT2D eigenvalue weighted by Gasteiger charge is -2.07. The number of benzene rings is 1. The molecule has 1 saturated heterocycles. The number of halogens is 1. The summed E-state index contributed by atoms with van der Waals surface area (Å²) in [4.78, 5) is 20.6. The van der Waals surface area contributed by atoms with Gasteiger partial charge in [-0.2, -0.15) is 0 Å². The van der Waals surface area contributed by atoms with Crippen LogP contribution in [0.5, 0.6) is 0 Å². The second-order valence-corrected chi connectivity index (χ2v) is 7.52. The van der Waals surface area contributed by atoms with Crippen LogP contribution in [0, 0.1) is 5.82 Å². The van der Waals surface area contributed by atoms with Crippen molar-refractivity contribution in [1.29, 1.82) is 0 Å². The van der Waals surface area contributed by atoms with Crippen molar-refractivity contribution in [1.82, 2.24) is 9.97 Å². The zero-order valence-electron chi connectivity index (χ0n) is 12.8. The molecule has 2 aromatic heterocycles. The largest absolute Gasteiger partial charge is 0.377 e. The molecule has 0 bridgehead atoms. The van der Waals surface area contributed by atoms with Crippen LogP contribution in [0.2, 0.25) is 0 Å². The van der Waals surface area contributed by atoms with Crippen molar-refractivity contribution in [3.05, 3.63) is 45.8 Å². The molecule has 4 nitrogen and oxygen atoms in total. The minimum Gasteiger partial charge on any atom is -0.377 e. The quantitative estimate of drug-likeness (QED) is 0.562. The molecule has 1 aliphatic rings. The van der Waals surface area contributed by atoms with E-state index in [-0.39, 0.29) is 17.5 Å². The average molecular weight is 362 g/mol. The SMILES string of the molecule is O=c1[nH]c(SC[C@H]2CCCO2)nc2scc(-c3ccc(F)cc3)c12. The van der Waals surface area contributed by atoms with Crippen molar-refractivity contribution < 1.29 is 9.13 Å². The monoisotopic (exact) mass is 362 g/mol. The van der Waals surface area contributed by atoms with E-state index in [0.29, 0.717) is 15.4 Å². The Kier molecular flexibility index (Phi) is 4.39. The summed E-state index contributed by atoms with van der Waals surface area (Å²) in [5.41, 5.74) is 1.45. The number of hydrogen-bond donors (Lipinski definition) is 1. The van der Waals surface area contributed by atoms with Crippen molar-refractivity contribution in [2.75, 3.05) is 12.4 Å². The fourth-order valence-electron chi connectivity index (χ4n) is 2.79. The van der Waals surface area contributed by atoms with Crippen LogP contribution in [-0.4, -0.2) is 28.4 Å². The first kappa shape index (κ1) is 15.8. The van der Waals surface area contributed by atoms with Gasteiger partial charge in [0.15, 0.2) is 5.16 Å². The molecule has 0 unspecified atom stereocenters. The van der Waals surface area contributed by atoms with Gasteiger partial charge in [-0.3, -0.25) is 4.79 Å². The van der Waals surface area contributed by atoms with Crippen molar-refractivity contribution in [2.24, 2.45) is 0 Å². The van der Waals surface area contributed by atoms with E-state index in [1.165, 1.54) is 35.2 Å². The van der Waals surface area contributed by atoms with Gasteiger partial charge in [0.05, 0.1) is 11.5 Å². The number of ether oxygens (including phenoxy) is 1. The predicted octanol–water partition coefficient (Wildman–Crippen LogP) is 4.06. The maximum Gasteiger partial charge on any atom is 0.260 e. The van der Waals surface area contributed by atoms with Gasteiger partial charge < -0.3 is 9.72 Å². The molecular weight excluding hydrogens is 347 g/mol.